The predicted molar refractivity (Wildman–Crippen MR) is 189 cm³/mol. The van der Waals surface area contributed by atoms with Gasteiger partial charge in [0.05, 0.1) is 6.61 Å². The second-order valence-electron chi connectivity index (χ2n) is 12.2. The first kappa shape index (κ1) is 34.2. The van der Waals surface area contributed by atoms with Crippen LogP contribution >= 0.6 is 0 Å². The van der Waals surface area contributed by atoms with Crippen LogP contribution in [0.2, 0.25) is 0 Å². The van der Waals surface area contributed by atoms with Gasteiger partial charge in [0.1, 0.15) is 18.7 Å². The molecule has 0 spiro atoms. The third-order valence-electron chi connectivity index (χ3n) is 7.99. The monoisotopic (exact) mass is 655 g/mol. The standard InChI is InChI=1S/C37H45N5O4S/c1-5-6-19-45-20-21-46-33-12-7-28(8-13-33)29-9-16-35-31(22-29)23-30(17-18-42(35)24-27(2)3)37(43)39-32-10-14-34(15-11-32)47(44)25-36-40-38-26-41(36)4/h7-16,22-23,26-27H,5-6,17-21,24-25H2,1-4H3,(H,39,43). The van der Waals surface area contributed by atoms with E-state index in [1.54, 1.807) is 35.2 Å². The van der Waals surface area contributed by atoms with Crippen molar-refractivity contribution in [2.24, 2.45) is 13.0 Å². The van der Waals surface area contributed by atoms with E-state index in [-0.39, 0.29) is 11.7 Å². The summed E-state index contributed by atoms with van der Waals surface area (Å²) >= 11 is -1.27. The fourth-order valence-corrected chi connectivity index (χ4v) is 6.54. The molecule has 2 heterocycles. The number of unbranched alkanes of at least 4 members (excludes halogenated alkanes) is 1. The Hall–Kier alpha value is -4.12. The fraction of sp³-hybridized carbons (Fsp3) is 0.378. The number of ether oxygens (including phenoxy) is 2. The molecule has 3 aromatic carbocycles. The van der Waals surface area contributed by atoms with Gasteiger partial charge in [0.25, 0.3) is 5.91 Å². The van der Waals surface area contributed by atoms with Gasteiger partial charge in [0.2, 0.25) is 0 Å². The van der Waals surface area contributed by atoms with E-state index in [4.69, 9.17) is 9.47 Å². The second-order valence-corrected chi connectivity index (χ2v) is 13.6. The van der Waals surface area contributed by atoms with Crippen molar-refractivity contribution in [1.82, 2.24) is 14.8 Å². The number of hydrogen-bond donors (Lipinski definition) is 1. The summed E-state index contributed by atoms with van der Waals surface area (Å²) < 4.78 is 26.1. The maximum Gasteiger partial charge on any atom is 0.251 e. The van der Waals surface area contributed by atoms with Crippen molar-refractivity contribution in [2.45, 2.75) is 50.7 Å². The number of aryl methyl sites for hydroxylation is 1. The molecule has 1 unspecified atom stereocenters. The molecule has 0 saturated carbocycles. The Balaban J connectivity index is 1.28. The van der Waals surface area contributed by atoms with Crippen LogP contribution in [0.4, 0.5) is 11.4 Å². The number of benzene rings is 3. The minimum Gasteiger partial charge on any atom is -0.611 e. The van der Waals surface area contributed by atoms with Gasteiger partial charge in [-0.05, 0) is 101 Å². The molecule has 1 atom stereocenters. The molecule has 1 aromatic heterocycles. The molecular weight excluding hydrogens is 611 g/mol. The lowest BCUT2D eigenvalue weighted by molar-refractivity contribution is -0.112. The van der Waals surface area contributed by atoms with Crippen LogP contribution in [-0.4, -0.2) is 58.1 Å². The van der Waals surface area contributed by atoms with Gasteiger partial charge >= 0.3 is 0 Å². The third kappa shape index (κ3) is 9.47. The lowest BCUT2D eigenvalue weighted by atomic mass is 10.00. The van der Waals surface area contributed by atoms with Crippen LogP contribution in [0.1, 0.15) is 51.4 Å². The Morgan fingerprint density at radius 3 is 2.49 bits per heavy atom. The molecule has 47 heavy (non-hydrogen) atoms. The molecule has 1 aliphatic rings. The average Bonchev–Trinajstić information content (AvgIpc) is 3.38. The summed E-state index contributed by atoms with van der Waals surface area (Å²) in [7, 11) is 1.83. The maximum absolute atomic E-state index is 13.6. The fourth-order valence-electron chi connectivity index (χ4n) is 5.43. The van der Waals surface area contributed by atoms with Crippen LogP contribution in [0.5, 0.6) is 5.75 Å². The maximum atomic E-state index is 13.6. The molecule has 9 nitrogen and oxygen atoms in total. The summed E-state index contributed by atoms with van der Waals surface area (Å²) in [5, 5.41) is 10.9. The molecule has 0 bridgehead atoms. The summed E-state index contributed by atoms with van der Waals surface area (Å²) in [6.07, 6.45) is 6.43. The van der Waals surface area contributed by atoms with E-state index in [1.807, 2.05) is 25.3 Å². The normalized spacial score (nSPS) is 13.6. The highest BCUT2D eigenvalue weighted by molar-refractivity contribution is 7.90. The van der Waals surface area contributed by atoms with Gasteiger partial charge in [0.15, 0.2) is 16.5 Å². The van der Waals surface area contributed by atoms with Crippen LogP contribution in [0, 0.1) is 5.92 Å². The number of nitrogens with zero attached hydrogens (tertiary/aromatic N) is 4. The molecular formula is C37H45N5O4S. The molecule has 248 valence electrons. The molecule has 0 saturated heterocycles. The third-order valence-corrected chi connectivity index (χ3v) is 9.31. The van der Waals surface area contributed by atoms with Gasteiger partial charge < -0.3 is 28.8 Å². The lowest BCUT2D eigenvalue weighted by Crippen LogP contribution is -2.29. The molecule has 0 radical (unpaired) electrons. The zero-order valence-corrected chi connectivity index (χ0v) is 28.6. The molecule has 1 aliphatic heterocycles. The van der Waals surface area contributed by atoms with Crippen LogP contribution in [-0.2, 0) is 33.5 Å². The van der Waals surface area contributed by atoms with Crippen molar-refractivity contribution < 1.29 is 18.8 Å². The highest BCUT2D eigenvalue weighted by Gasteiger charge is 2.21. The molecule has 0 aliphatic carbocycles. The van der Waals surface area contributed by atoms with E-state index < -0.39 is 11.2 Å². The number of hydrogen-bond acceptors (Lipinski definition) is 7. The van der Waals surface area contributed by atoms with Crippen LogP contribution in [0.25, 0.3) is 17.2 Å². The molecule has 0 fully saturated rings. The predicted octanol–water partition coefficient (Wildman–Crippen LogP) is 6.87. The number of carbonyl (C=O) groups is 1. The number of rotatable bonds is 15. The molecule has 10 heteroatoms. The first-order valence-electron chi connectivity index (χ1n) is 16.3. The Morgan fingerprint density at radius 2 is 1.79 bits per heavy atom. The molecule has 1 N–H and O–H groups in total. The summed E-state index contributed by atoms with van der Waals surface area (Å²) in [5.74, 6) is 2.08. The zero-order chi connectivity index (χ0) is 33.2. The van der Waals surface area contributed by atoms with Crippen molar-refractivity contribution in [3.8, 4) is 16.9 Å². The van der Waals surface area contributed by atoms with E-state index in [2.05, 4.69) is 71.5 Å². The van der Waals surface area contributed by atoms with Crippen LogP contribution in [0.3, 0.4) is 0 Å². The molecule has 1 amide bonds. The summed E-state index contributed by atoms with van der Waals surface area (Å²) in [6.45, 7) is 10.1. The molecule has 4 aromatic rings. The van der Waals surface area contributed by atoms with Gasteiger partial charge in [-0.25, -0.2) is 0 Å². The van der Waals surface area contributed by atoms with Crippen LogP contribution < -0.4 is 15.0 Å². The van der Waals surface area contributed by atoms with Gasteiger partial charge in [0, 0.05) is 43.7 Å². The van der Waals surface area contributed by atoms with Crippen molar-refractivity contribution in [2.75, 3.05) is 43.1 Å². The Morgan fingerprint density at radius 1 is 1.02 bits per heavy atom. The molecule has 5 rings (SSSR count). The first-order valence-corrected chi connectivity index (χ1v) is 17.7. The van der Waals surface area contributed by atoms with E-state index in [0.717, 1.165) is 66.2 Å². The van der Waals surface area contributed by atoms with E-state index in [0.29, 0.717) is 42.0 Å². The van der Waals surface area contributed by atoms with Crippen molar-refractivity contribution in [3.63, 3.8) is 0 Å². The lowest BCUT2D eigenvalue weighted by Gasteiger charge is -2.27. The second kappa shape index (κ2) is 16.6. The van der Waals surface area contributed by atoms with Crippen molar-refractivity contribution in [1.29, 1.82) is 0 Å². The Labute approximate surface area is 281 Å². The highest BCUT2D eigenvalue weighted by atomic mass is 32.2. The Kier molecular flexibility index (Phi) is 12.1. The Bertz CT molecular complexity index is 1640. The SMILES string of the molecule is CCCCOCCOc1ccc(-c2ccc3c(c2)C=C(C(=O)Nc2ccc([S+]([O-])Cc4nncn4C)cc2)CCN3CC(C)C)cc1. The van der Waals surface area contributed by atoms with E-state index in [1.165, 1.54) is 0 Å². The number of aromatic nitrogens is 3. The van der Waals surface area contributed by atoms with Gasteiger partial charge in [-0.2, -0.15) is 0 Å². The zero-order valence-electron chi connectivity index (χ0n) is 27.8. The average molecular weight is 656 g/mol. The summed E-state index contributed by atoms with van der Waals surface area (Å²) in [6, 6.07) is 21.8. The van der Waals surface area contributed by atoms with Crippen molar-refractivity contribution >= 4 is 34.5 Å². The van der Waals surface area contributed by atoms with Crippen LogP contribution in [0.15, 0.2) is 83.5 Å². The van der Waals surface area contributed by atoms with Gasteiger partial charge in [-0.1, -0.05) is 45.4 Å². The number of carbonyl (C=O) groups excluding carboxylic acids is 1. The van der Waals surface area contributed by atoms with Gasteiger partial charge in [-0.3, -0.25) is 4.79 Å². The smallest absolute Gasteiger partial charge is 0.251 e. The topological polar surface area (TPSA) is 105 Å². The minimum atomic E-state index is -1.27. The summed E-state index contributed by atoms with van der Waals surface area (Å²) in [4.78, 5) is 16.6. The largest absolute Gasteiger partial charge is 0.611 e. The van der Waals surface area contributed by atoms with Crippen molar-refractivity contribution in [3.05, 3.63) is 90.0 Å². The summed E-state index contributed by atoms with van der Waals surface area (Å²) in [5.41, 5.74) is 5.67. The number of nitrogens with one attached hydrogen (secondary N) is 1. The first-order chi connectivity index (χ1) is 22.8. The highest BCUT2D eigenvalue weighted by Crippen LogP contribution is 2.34. The number of anilines is 2. The van der Waals surface area contributed by atoms with E-state index >= 15 is 0 Å². The van der Waals surface area contributed by atoms with E-state index in [9.17, 15) is 9.35 Å². The number of fused-ring (bicyclic) bond motifs is 1. The van der Waals surface area contributed by atoms with Gasteiger partial charge in [-0.15, -0.1) is 10.2 Å². The quantitative estimate of drug-likeness (QED) is 0.110. The minimum absolute atomic E-state index is 0.138. The number of amides is 1.